The van der Waals surface area contributed by atoms with Crippen LogP contribution >= 0.6 is 0 Å². The predicted octanol–water partition coefficient (Wildman–Crippen LogP) is 2.37. The molecule has 0 radical (unpaired) electrons. The van der Waals surface area contributed by atoms with Crippen LogP contribution in [0.4, 0.5) is 15.9 Å². The number of aromatic carboxylic acids is 1. The quantitative estimate of drug-likeness (QED) is 0.870. The first-order chi connectivity index (χ1) is 8.58. The first-order valence-electron chi connectivity index (χ1n) is 5.15. The number of carboxylic acids is 1. The zero-order valence-corrected chi connectivity index (χ0v) is 9.51. The third-order valence-electron chi connectivity index (χ3n) is 2.34. The maximum Gasteiger partial charge on any atom is 0.338 e. The number of carboxylic acid groups (broad SMARTS) is 1. The Hall–Kier alpha value is -2.50. The fourth-order valence-corrected chi connectivity index (χ4v) is 1.43. The van der Waals surface area contributed by atoms with Crippen LogP contribution in [0.3, 0.4) is 0 Å². The molecule has 0 amide bonds. The van der Waals surface area contributed by atoms with Crippen LogP contribution in [0.1, 0.15) is 16.1 Å². The van der Waals surface area contributed by atoms with Crippen molar-refractivity contribution in [1.29, 1.82) is 0 Å². The summed E-state index contributed by atoms with van der Waals surface area (Å²) in [5.41, 5.74) is 0.720. The molecule has 0 spiro atoms. The van der Waals surface area contributed by atoms with E-state index in [0.717, 1.165) is 6.07 Å². The molecule has 1 aromatic heterocycles. The number of nitrogens with one attached hydrogen (secondary N) is 1. The van der Waals surface area contributed by atoms with Crippen LogP contribution in [0.2, 0.25) is 0 Å². The molecule has 6 heteroatoms. The first kappa shape index (κ1) is 12.0. The van der Waals surface area contributed by atoms with E-state index in [0.29, 0.717) is 17.2 Å². The van der Waals surface area contributed by atoms with E-state index < -0.39 is 11.8 Å². The van der Waals surface area contributed by atoms with Crippen LogP contribution in [-0.4, -0.2) is 21.0 Å². The molecule has 0 fully saturated rings. The van der Waals surface area contributed by atoms with Gasteiger partial charge >= 0.3 is 5.97 Å². The minimum Gasteiger partial charge on any atom is -0.478 e. The zero-order chi connectivity index (χ0) is 13.1. The van der Waals surface area contributed by atoms with Gasteiger partial charge in [0.2, 0.25) is 0 Å². The smallest absolute Gasteiger partial charge is 0.338 e. The minimum atomic E-state index is -1.30. The molecule has 2 aromatic rings. The van der Waals surface area contributed by atoms with Crippen LogP contribution in [0, 0.1) is 12.7 Å². The van der Waals surface area contributed by atoms with Gasteiger partial charge in [0, 0.05) is 18.1 Å². The molecule has 2 rings (SSSR count). The van der Waals surface area contributed by atoms with E-state index in [9.17, 15) is 9.18 Å². The highest BCUT2D eigenvalue weighted by atomic mass is 19.1. The van der Waals surface area contributed by atoms with Crippen LogP contribution in [0.25, 0.3) is 0 Å². The zero-order valence-electron chi connectivity index (χ0n) is 9.51. The molecule has 0 unspecified atom stereocenters. The van der Waals surface area contributed by atoms with Crippen molar-refractivity contribution in [3.8, 4) is 0 Å². The van der Waals surface area contributed by atoms with Gasteiger partial charge < -0.3 is 10.4 Å². The number of aromatic nitrogens is 2. The van der Waals surface area contributed by atoms with E-state index >= 15 is 0 Å². The topological polar surface area (TPSA) is 75.1 Å². The molecule has 0 aliphatic rings. The van der Waals surface area contributed by atoms with Gasteiger partial charge in [0.05, 0.1) is 11.3 Å². The van der Waals surface area contributed by atoms with Crippen molar-refractivity contribution < 1.29 is 14.3 Å². The summed E-state index contributed by atoms with van der Waals surface area (Å²) in [6, 6.07) is 3.78. The Morgan fingerprint density at radius 2 is 2.06 bits per heavy atom. The fraction of sp³-hybridized carbons (Fsp3) is 0.0833. The van der Waals surface area contributed by atoms with E-state index in [2.05, 4.69) is 15.3 Å². The van der Waals surface area contributed by atoms with E-state index in [1.54, 1.807) is 13.1 Å². The van der Waals surface area contributed by atoms with E-state index in [1.807, 2.05) is 0 Å². The summed E-state index contributed by atoms with van der Waals surface area (Å²) < 4.78 is 13.4. The first-order valence-corrected chi connectivity index (χ1v) is 5.15. The molecular formula is C12H10FN3O2. The standard InChI is InChI=1S/C12H10FN3O2/c1-7-11(15-5-4-14-7)16-8-2-3-9(12(17)18)10(13)6-8/h2-6H,1H3,(H,15,16)(H,17,18). The molecule has 18 heavy (non-hydrogen) atoms. The van der Waals surface area contributed by atoms with Gasteiger partial charge in [-0.1, -0.05) is 0 Å². The lowest BCUT2D eigenvalue weighted by Crippen LogP contribution is -2.02. The second-order valence-corrected chi connectivity index (χ2v) is 3.62. The summed E-state index contributed by atoms with van der Waals surface area (Å²) in [5, 5.41) is 11.6. The molecule has 1 heterocycles. The number of nitrogens with zero attached hydrogens (tertiary/aromatic N) is 2. The molecule has 2 N–H and O–H groups in total. The Bertz CT molecular complexity index is 602. The second-order valence-electron chi connectivity index (χ2n) is 3.62. The number of aryl methyl sites for hydroxylation is 1. The summed E-state index contributed by atoms with van der Waals surface area (Å²) in [5.74, 6) is -1.59. The van der Waals surface area contributed by atoms with Gasteiger partial charge in [-0.15, -0.1) is 0 Å². The third kappa shape index (κ3) is 2.42. The Morgan fingerprint density at radius 3 is 2.67 bits per heavy atom. The summed E-state index contributed by atoms with van der Waals surface area (Å²) in [6.07, 6.45) is 3.06. The number of hydrogen-bond donors (Lipinski definition) is 2. The normalized spacial score (nSPS) is 10.1. The SMILES string of the molecule is Cc1nccnc1Nc1ccc(C(=O)O)c(F)c1. The lowest BCUT2D eigenvalue weighted by molar-refractivity contribution is 0.0692. The van der Waals surface area contributed by atoms with Crippen molar-refractivity contribution in [2.45, 2.75) is 6.92 Å². The molecule has 5 nitrogen and oxygen atoms in total. The average molecular weight is 247 g/mol. The number of rotatable bonds is 3. The number of hydrogen-bond acceptors (Lipinski definition) is 4. The van der Waals surface area contributed by atoms with E-state index in [-0.39, 0.29) is 5.56 Å². The van der Waals surface area contributed by atoms with Gasteiger partial charge in [-0.3, -0.25) is 4.98 Å². The highest BCUT2D eigenvalue weighted by Gasteiger charge is 2.10. The molecule has 0 saturated carbocycles. The highest BCUT2D eigenvalue weighted by molar-refractivity contribution is 5.88. The van der Waals surface area contributed by atoms with Crippen molar-refractivity contribution in [1.82, 2.24) is 9.97 Å². The molecule has 1 aromatic carbocycles. The number of benzene rings is 1. The van der Waals surface area contributed by atoms with Crippen molar-refractivity contribution in [2.24, 2.45) is 0 Å². The Labute approximate surface area is 102 Å². The fourth-order valence-electron chi connectivity index (χ4n) is 1.43. The average Bonchev–Trinajstić information content (AvgIpc) is 2.32. The molecular weight excluding hydrogens is 237 g/mol. The number of anilines is 2. The van der Waals surface area contributed by atoms with Crippen molar-refractivity contribution in [3.05, 3.63) is 47.7 Å². The van der Waals surface area contributed by atoms with Crippen LogP contribution in [0.15, 0.2) is 30.6 Å². The lowest BCUT2D eigenvalue weighted by Gasteiger charge is -2.08. The molecule has 0 atom stereocenters. The molecule has 0 aliphatic heterocycles. The maximum absolute atomic E-state index is 13.4. The van der Waals surface area contributed by atoms with Crippen LogP contribution < -0.4 is 5.32 Å². The summed E-state index contributed by atoms with van der Waals surface area (Å²) in [6.45, 7) is 1.76. The second kappa shape index (κ2) is 4.79. The number of halogens is 1. The Balaban J connectivity index is 2.29. The van der Waals surface area contributed by atoms with Gasteiger partial charge in [0.1, 0.15) is 5.82 Å². The summed E-state index contributed by atoms with van der Waals surface area (Å²) in [4.78, 5) is 18.7. The molecule has 0 bridgehead atoms. The van der Waals surface area contributed by atoms with Crippen molar-refractivity contribution in [2.75, 3.05) is 5.32 Å². The highest BCUT2D eigenvalue weighted by Crippen LogP contribution is 2.19. The lowest BCUT2D eigenvalue weighted by atomic mass is 10.2. The van der Waals surface area contributed by atoms with Gasteiger partial charge in [-0.2, -0.15) is 0 Å². The summed E-state index contributed by atoms with van der Waals surface area (Å²) >= 11 is 0. The Kier molecular flexibility index (Phi) is 3.18. The molecule has 92 valence electrons. The van der Waals surface area contributed by atoms with Crippen molar-refractivity contribution >= 4 is 17.5 Å². The van der Waals surface area contributed by atoms with Gasteiger partial charge in [-0.25, -0.2) is 14.2 Å². The Morgan fingerprint density at radius 1 is 1.33 bits per heavy atom. The largest absolute Gasteiger partial charge is 0.478 e. The van der Waals surface area contributed by atoms with Crippen molar-refractivity contribution in [3.63, 3.8) is 0 Å². The number of carbonyl (C=O) groups is 1. The van der Waals surface area contributed by atoms with Gasteiger partial charge in [0.15, 0.2) is 5.82 Å². The van der Waals surface area contributed by atoms with E-state index in [1.165, 1.54) is 18.3 Å². The third-order valence-corrected chi connectivity index (χ3v) is 2.34. The maximum atomic E-state index is 13.4. The minimum absolute atomic E-state index is 0.364. The van der Waals surface area contributed by atoms with Crippen LogP contribution in [0.5, 0.6) is 0 Å². The molecule has 0 aliphatic carbocycles. The van der Waals surface area contributed by atoms with Crippen LogP contribution in [-0.2, 0) is 0 Å². The summed E-state index contributed by atoms with van der Waals surface area (Å²) in [7, 11) is 0. The molecule has 0 saturated heterocycles. The van der Waals surface area contributed by atoms with Gasteiger partial charge in [-0.05, 0) is 25.1 Å². The predicted molar refractivity (Wildman–Crippen MR) is 63.4 cm³/mol. The van der Waals surface area contributed by atoms with Gasteiger partial charge in [0.25, 0.3) is 0 Å². The monoisotopic (exact) mass is 247 g/mol. The van der Waals surface area contributed by atoms with E-state index in [4.69, 9.17) is 5.11 Å².